The van der Waals surface area contributed by atoms with E-state index >= 15 is 0 Å². The average molecular weight is 393 g/mol. The second kappa shape index (κ2) is 7.91. The van der Waals surface area contributed by atoms with Crippen LogP contribution in [-0.2, 0) is 9.53 Å². The second-order valence-electron chi connectivity index (χ2n) is 8.57. The first-order chi connectivity index (χ1) is 13.9. The maximum Gasteiger partial charge on any atom is 0.320 e. The topological polar surface area (TPSA) is 73.1 Å². The molecule has 1 aliphatic rings. The van der Waals surface area contributed by atoms with Crippen molar-refractivity contribution >= 4 is 17.0 Å². The van der Waals surface area contributed by atoms with Gasteiger partial charge in [-0.3, -0.25) is 19.4 Å². The number of aromatic nitrogens is 4. The fourth-order valence-electron chi connectivity index (χ4n) is 3.71. The maximum atomic E-state index is 12.2. The molecule has 7 nitrogen and oxygen atoms in total. The molecule has 0 aliphatic carbocycles. The predicted molar refractivity (Wildman–Crippen MR) is 111 cm³/mol. The molecule has 0 bridgehead atoms. The van der Waals surface area contributed by atoms with Crippen molar-refractivity contribution in [1.29, 1.82) is 0 Å². The van der Waals surface area contributed by atoms with E-state index in [1.165, 1.54) is 0 Å². The van der Waals surface area contributed by atoms with E-state index < -0.39 is 5.60 Å². The van der Waals surface area contributed by atoms with Crippen LogP contribution in [-0.4, -0.2) is 55.9 Å². The number of piperidine rings is 1. The summed E-state index contributed by atoms with van der Waals surface area (Å²) in [4.78, 5) is 23.5. The lowest BCUT2D eigenvalue weighted by molar-refractivity contribution is -0.156. The van der Waals surface area contributed by atoms with Gasteiger partial charge >= 0.3 is 5.97 Å². The first kappa shape index (κ1) is 19.5. The number of nitrogens with zero attached hydrogens (tertiary/aromatic N) is 5. The Balaban J connectivity index is 1.45. The van der Waals surface area contributed by atoms with Crippen LogP contribution in [0.2, 0.25) is 0 Å². The normalized spacial score (nSPS) is 18.1. The highest BCUT2D eigenvalue weighted by molar-refractivity contribution is 5.76. The standard InChI is InChI=1S/C22H27N5O2/c1-22(2,3)29-21(28)15-26-10-6-7-17(14-26)27-13-16(11-24-27)20-12-23-18-8-4-5-9-19(18)25-20/h4-5,8-9,11-13,17H,6-7,10,14-15H2,1-3H3. The van der Waals surface area contributed by atoms with Gasteiger partial charge in [-0.2, -0.15) is 5.10 Å². The van der Waals surface area contributed by atoms with E-state index in [0.29, 0.717) is 6.54 Å². The molecule has 3 aromatic rings. The second-order valence-corrected chi connectivity index (χ2v) is 8.57. The van der Waals surface area contributed by atoms with Crippen LogP contribution in [0, 0.1) is 0 Å². The number of hydrogen-bond acceptors (Lipinski definition) is 6. The zero-order chi connectivity index (χ0) is 20.4. The van der Waals surface area contributed by atoms with E-state index in [4.69, 9.17) is 9.72 Å². The van der Waals surface area contributed by atoms with Gasteiger partial charge in [-0.25, -0.2) is 4.98 Å². The zero-order valence-electron chi connectivity index (χ0n) is 17.2. The summed E-state index contributed by atoms with van der Waals surface area (Å²) < 4.78 is 7.45. The summed E-state index contributed by atoms with van der Waals surface area (Å²) in [6.45, 7) is 7.68. The minimum Gasteiger partial charge on any atom is -0.459 e. The van der Waals surface area contributed by atoms with Gasteiger partial charge in [0.2, 0.25) is 0 Å². The minimum atomic E-state index is -0.454. The lowest BCUT2D eigenvalue weighted by Crippen LogP contribution is -2.41. The first-order valence-electron chi connectivity index (χ1n) is 10.1. The van der Waals surface area contributed by atoms with Crippen molar-refractivity contribution in [2.75, 3.05) is 19.6 Å². The molecule has 1 unspecified atom stereocenters. The lowest BCUT2D eigenvalue weighted by Gasteiger charge is -2.32. The summed E-state index contributed by atoms with van der Waals surface area (Å²) >= 11 is 0. The van der Waals surface area contributed by atoms with E-state index in [9.17, 15) is 4.79 Å². The summed E-state index contributed by atoms with van der Waals surface area (Å²) in [6, 6.07) is 8.07. The largest absolute Gasteiger partial charge is 0.459 e. The lowest BCUT2D eigenvalue weighted by atomic mass is 10.1. The van der Waals surface area contributed by atoms with Crippen molar-refractivity contribution in [2.45, 2.75) is 45.3 Å². The van der Waals surface area contributed by atoms with Crippen molar-refractivity contribution in [3.8, 4) is 11.3 Å². The van der Waals surface area contributed by atoms with Crippen LogP contribution in [0.1, 0.15) is 39.7 Å². The van der Waals surface area contributed by atoms with Crippen LogP contribution >= 0.6 is 0 Å². The van der Waals surface area contributed by atoms with Crippen LogP contribution in [0.3, 0.4) is 0 Å². The third kappa shape index (κ3) is 4.79. The highest BCUT2D eigenvalue weighted by atomic mass is 16.6. The molecule has 1 fully saturated rings. The van der Waals surface area contributed by atoms with Crippen molar-refractivity contribution in [3.63, 3.8) is 0 Å². The molecule has 1 aliphatic heterocycles. The number of carbonyl (C=O) groups is 1. The monoisotopic (exact) mass is 393 g/mol. The van der Waals surface area contributed by atoms with Crippen molar-refractivity contribution in [3.05, 3.63) is 42.9 Å². The molecule has 0 amide bonds. The molecule has 0 saturated carbocycles. The molecule has 0 spiro atoms. The van der Waals surface area contributed by atoms with E-state index in [-0.39, 0.29) is 12.0 Å². The molecule has 7 heteroatoms. The van der Waals surface area contributed by atoms with Gasteiger partial charge in [0, 0.05) is 18.3 Å². The molecular weight excluding hydrogens is 366 g/mol. The highest BCUT2D eigenvalue weighted by Gasteiger charge is 2.25. The quantitative estimate of drug-likeness (QED) is 0.632. The summed E-state index contributed by atoms with van der Waals surface area (Å²) in [5.41, 5.74) is 3.07. The van der Waals surface area contributed by atoms with Gasteiger partial charge in [-0.05, 0) is 52.3 Å². The third-order valence-electron chi connectivity index (χ3n) is 4.97. The Morgan fingerprint density at radius 1 is 1.21 bits per heavy atom. The third-order valence-corrected chi connectivity index (χ3v) is 4.97. The SMILES string of the molecule is CC(C)(C)OC(=O)CN1CCCC(n2cc(-c3cnc4ccccc4n3)cn2)C1. The van der Waals surface area contributed by atoms with Crippen LogP contribution in [0.4, 0.5) is 0 Å². The van der Waals surface area contributed by atoms with Crippen LogP contribution in [0.5, 0.6) is 0 Å². The van der Waals surface area contributed by atoms with E-state index in [1.54, 1.807) is 6.20 Å². The molecule has 29 heavy (non-hydrogen) atoms. The van der Waals surface area contributed by atoms with Gasteiger partial charge in [0.05, 0.1) is 41.7 Å². The first-order valence-corrected chi connectivity index (χ1v) is 10.1. The van der Waals surface area contributed by atoms with Crippen LogP contribution in [0.15, 0.2) is 42.9 Å². The summed E-state index contributed by atoms with van der Waals surface area (Å²) in [5.74, 6) is -0.175. The fraction of sp³-hybridized carbons (Fsp3) is 0.455. The van der Waals surface area contributed by atoms with Crippen molar-refractivity contribution < 1.29 is 9.53 Å². The minimum absolute atomic E-state index is 0.175. The predicted octanol–water partition coefficient (Wildman–Crippen LogP) is 3.47. The van der Waals surface area contributed by atoms with Crippen LogP contribution in [0.25, 0.3) is 22.3 Å². The summed E-state index contributed by atoms with van der Waals surface area (Å²) in [5, 5.41) is 4.58. The average Bonchev–Trinajstić information content (AvgIpc) is 3.16. The van der Waals surface area contributed by atoms with Gasteiger partial charge < -0.3 is 4.74 Å². The number of esters is 1. The molecule has 152 valence electrons. The Hall–Kier alpha value is -2.80. The highest BCUT2D eigenvalue weighted by Crippen LogP contribution is 2.24. The van der Waals surface area contributed by atoms with E-state index in [0.717, 1.165) is 48.2 Å². The number of rotatable bonds is 4. The summed E-state index contributed by atoms with van der Waals surface area (Å²) in [7, 11) is 0. The van der Waals surface area contributed by atoms with Gasteiger partial charge in [-0.1, -0.05) is 12.1 Å². The Bertz CT molecular complexity index is 1010. The van der Waals surface area contributed by atoms with E-state index in [1.807, 2.05) is 62.1 Å². The molecule has 1 atom stereocenters. The Morgan fingerprint density at radius 2 is 2.00 bits per heavy atom. The van der Waals surface area contributed by atoms with Gasteiger partial charge in [0.25, 0.3) is 0 Å². The Kier molecular flexibility index (Phi) is 5.32. The van der Waals surface area contributed by atoms with Gasteiger partial charge in [0.15, 0.2) is 0 Å². The summed E-state index contributed by atoms with van der Waals surface area (Å²) in [6.07, 6.45) is 7.72. The maximum absolute atomic E-state index is 12.2. The van der Waals surface area contributed by atoms with Gasteiger partial charge in [0.1, 0.15) is 5.60 Å². The number of ether oxygens (including phenoxy) is 1. The number of para-hydroxylation sites is 2. The van der Waals surface area contributed by atoms with E-state index in [2.05, 4.69) is 15.0 Å². The molecule has 0 N–H and O–H groups in total. The number of hydrogen-bond donors (Lipinski definition) is 0. The molecule has 0 radical (unpaired) electrons. The molecule has 1 aromatic carbocycles. The van der Waals surface area contributed by atoms with Crippen molar-refractivity contribution in [1.82, 2.24) is 24.6 Å². The number of fused-ring (bicyclic) bond motifs is 1. The fourth-order valence-corrected chi connectivity index (χ4v) is 3.71. The molecular formula is C22H27N5O2. The Morgan fingerprint density at radius 3 is 2.79 bits per heavy atom. The van der Waals surface area contributed by atoms with Crippen molar-refractivity contribution in [2.24, 2.45) is 0 Å². The number of benzene rings is 1. The molecule has 1 saturated heterocycles. The Labute approximate surface area is 170 Å². The van der Waals surface area contributed by atoms with Crippen LogP contribution < -0.4 is 0 Å². The number of carbonyl (C=O) groups excluding carboxylic acids is 1. The van der Waals surface area contributed by atoms with Gasteiger partial charge in [-0.15, -0.1) is 0 Å². The zero-order valence-corrected chi connectivity index (χ0v) is 17.2. The smallest absolute Gasteiger partial charge is 0.320 e. The molecule has 3 heterocycles. The molecule has 4 rings (SSSR count). The molecule has 2 aromatic heterocycles. The number of likely N-dealkylation sites (tertiary alicyclic amines) is 1.